The number of fused-ring (bicyclic) bond motifs is 1. The van der Waals surface area contributed by atoms with Gasteiger partial charge in [0.25, 0.3) is 11.8 Å². The van der Waals surface area contributed by atoms with Gasteiger partial charge in [-0.1, -0.05) is 35.5 Å². The second-order valence-electron chi connectivity index (χ2n) is 8.33. The van der Waals surface area contributed by atoms with Crippen LogP contribution in [0.25, 0.3) is 0 Å². The predicted molar refractivity (Wildman–Crippen MR) is 120 cm³/mol. The quantitative estimate of drug-likeness (QED) is 0.580. The lowest BCUT2D eigenvalue weighted by Gasteiger charge is -2.35. The fourth-order valence-electron chi connectivity index (χ4n) is 4.45. The van der Waals surface area contributed by atoms with Crippen molar-refractivity contribution in [3.63, 3.8) is 0 Å². The maximum atomic E-state index is 14.7. The van der Waals surface area contributed by atoms with Crippen LogP contribution < -0.4 is 5.32 Å². The number of carbonyl (C=O) groups is 3. The molecule has 0 aliphatic carbocycles. The van der Waals surface area contributed by atoms with Gasteiger partial charge in [-0.2, -0.15) is 0 Å². The first-order valence-corrected chi connectivity index (χ1v) is 11.1. The van der Waals surface area contributed by atoms with E-state index in [9.17, 15) is 23.9 Å². The van der Waals surface area contributed by atoms with Crippen LogP contribution in [-0.4, -0.2) is 85.6 Å². The average molecular weight is 479 g/mol. The summed E-state index contributed by atoms with van der Waals surface area (Å²) in [5, 5.41) is 20.9. The van der Waals surface area contributed by atoms with Crippen molar-refractivity contribution in [3.8, 4) is 0 Å². The number of halogens is 1. The summed E-state index contributed by atoms with van der Waals surface area (Å²) in [7, 11) is 0. The smallest absolute Gasteiger partial charge is 0.294 e. The van der Waals surface area contributed by atoms with E-state index >= 15 is 0 Å². The minimum Gasteiger partial charge on any atom is -0.380 e. The van der Waals surface area contributed by atoms with Gasteiger partial charge in [-0.25, -0.2) is 14.1 Å². The topological polar surface area (TPSA) is 133 Å². The predicted octanol–water partition coefficient (Wildman–Crippen LogP) is -0.205. The summed E-state index contributed by atoms with van der Waals surface area (Å²) in [4.78, 5) is 45.5. The number of aliphatic hydroxyl groups is 1. The van der Waals surface area contributed by atoms with E-state index in [-0.39, 0.29) is 31.8 Å². The van der Waals surface area contributed by atoms with Gasteiger partial charge in [-0.15, -0.1) is 5.10 Å². The summed E-state index contributed by atoms with van der Waals surface area (Å²) in [6.07, 6.45) is 4.06. The number of hydrogen-bond acceptors (Lipinski definition) is 8. The number of benzene rings is 1. The molecule has 0 saturated carbocycles. The number of ketones is 1. The number of nitrogens with one attached hydrogen (secondary N) is 1. The van der Waals surface area contributed by atoms with Crippen LogP contribution in [0, 0.1) is 5.92 Å². The molecular formula is C23H22FN7O4. The molecule has 1 saturated heterocycles. The summed E-state index contributed by atoms with van der Waals surface area (Å²) >= 11 is 0. The molecule has 11 nitrogen and oxygen atoms in total. The maximum Gasteiger partial charge on any atom is 0.294 e. The van der Waals surface area contributed by atoms with E-state index in [0.29, 0.717) is 11.4 Å². The molecule has 5 rings (SSSR count). The molecule has 1 aromatic carbocycles. The molecule has 35 heavy (non-hydrogen) atoms. The van der Waals surface area contributed by atoms with E-state index in [1.165, 1.54) is 26.9 Å². The largest absolute Gasteiger partial charge is 0.380 e. The standard InChI is InChI=1S/C23H22FN7O4/c24-16-13-26-21(31-7-6-27-28-31)18-17(16)15(12-25-18)20(33)23(35)30-10-8-29(9-11-30)22(34)19(32)14-4-2-1-3-5-14/h1-7,12-13,17-19,25,32H,8-11H2/t17?,18?,19-/m1/s1. The molecule has 2 N–H and O–H groups in total. The van der Waals surface area contributed by atoms with Gasteiger partial charge in [0.2, 0.25) is 5.78 Å². The zero-order chi connectivity index (χ0) is 24.5. The molecule has 4 heterocycles. The summed E-state index contributed by atoms with van der Waals surface area (Å²) in [6.45, 7) is 0.582. The number of amides is 2. The van der Waals surface area contributed by atoms with E-state index < -0.39 is 41.5 Å². The number of aliphatic imine (C=N–C) groups is 1. The van der Waals surface area contributed by atoms with Crippen LogP contribution >= 0.6 is 0 Å². The van der Waals surface area contributed by atoms with Gasteiger partial charge in [-0.05, 0) is 5.56 Å². The molecule has 3 aliphatic heterocycles. The first-order chi connectivity index (χ1) is 17.0. The number of hydrogen-bond donors (Lipinski definition) is 2. The lowest BCUT2D eigenvalue weighted by atomic mass is 9.88. The van der Waals surface area contributed by atoms with Crippen LogP contribution in [-0.2, 0) is 14.4 Å². The summed E-state index contributed by atoms with van der Waals surface area (Å²) in [5.41, 5.74) is 0.483. The van der Waals surface area contributed by atoms with Crippen LogP contribution in [0.2, 0.25) is 0 Å². The molecule has 3 atom stereocenters. The minimum absolute atomic E-state index is 0.000675. The molecule has 1 fully saturated rings. The first kappa shape index (κ1) is 22.6. The van der Waals surface area contributed by atoms with Crippen molar-refractivity contribution in [2.75, 3.05) is 26.2 Å². The molecule has 0 radical (unpaired) electrons. The van der Waals surface area contributed by atoms with Crippen molar-refractivity contribution < 1.29 is 23.9 Å². The SMILES string of the molecule is O=C(C(=O)N1CCN(C(=O)[C@H](O)c2ccccc2)CC1)C1=CNC2C(n3ccnn3)=NC=C(F)C12. The van der Waals surface area contributed by atoms with Crippen molar-refractivity contribution in [1.82, 2.24) is 30.1 Å². The lowest BCUT2D eigenvalue weighted by molar-refractivity contribution is -0.148. The first-order valence-electron chi connectivity index (χ1n) is 11.1. The molecular weight excluding hydrogens is 457 g/mol. The van der Waals surface area contributed by atoms with Gasteiger partial charge >= 0.3 is 0 Å². The van der Waals surface area contributed by atoms with Crippen molar-refractivity contribution in [3.05, 3.63) is 72.1 Å². The molecule has 1 aromatic heterocycles. The number of rotatable bonds is 4. The summed E-state index contributed by atoms with van der Waals surface area (Å²) in [5.74, 6) is -3.35. The monoisotopic (exact) mass is 479 g/mol. The van der Waals surface area contributed by atoms with Gasteiger partial charge in [0.05, 0.1) is 30.6 Å². The van der Waals surface area contributed by atoms with Crippen molar-refractivity contribution in [2.24, 2.45) is 10.9 Å². The van der Waals surface area contributed by atoms with Gasteiger partial charge in [0.1, 0.15) is 5.83 Å². The van der Waals surface area contributed by atoms with E-state index in [1.807, 2.05) is 0 Å². The second-order valence-corrected chi connectivity index (χ2v) is 8.33. The zero-order valence-corrected chi connectivity index (χ0v) is 18.5. The van der Waals surface area contributed by atoms with Crippen LogP contribution in [0.5, 0.6) is 0 Å². The van der Waals surface area contributed by atoms with Crippen molar-refractivity contribution in [1.29, 1.82) is 0 Å². The van der Waals surface area contributed by atoms with Gasteiger partial charge < -0.3 is 20.2 Å². The molecule has 2 amide bonds. The van der Waals surface area contributed by atoms with Gasteiger partial charge in [-0.3, -0.25) is 14.4 Å². The van der Waals surface area contributed by atoms with Crippen LogP contribution in [0.3, 0.4) is 0 Å². The highest BCUT2D eigenvalue weighted by Gasteiger charge is 2.44. The summed E-state index contributed by atoms with van der Waals surface area (Å²) < 4.78 is 16.1. The number of nitrogens with zero attached hydrogens (tertiary/aromatic N) is 6. The molecule has 3 aliphatic rings. The highest BCUT2D eigenvalue weighted by atomic mass is 19.1. The maximum absolute atomic E-state index is 14.7. The van der Waals surface area contributed by atoms with E-state index in [1.54, 1.807) is 36.5 Å². The minimum atomic E-state index is -1.30. The van der Waals surface area contributed by atoms with Gasteiger partial charge in [0, 0.05) is 38.0 Å². The van der Waals surface area contributed by atoms with Crippen LogP contribution in [0.4, 0.5) is 4.39 Å². The number of aliphatic hydroxyl groups excluding tert-OH is 1. The van der Waals surface area contributed by atoms with Crippen LogP contribution in [0.15, 0.2) is 71.5 Å². The molecule has 0 spiro atoms. The fraction of sp³-hybridized carbons (Fsp3) is 0.304. The highest BCUT2D eigenvalue weighted by molar-refractivity contribution is 6.43. The third kappa shape index (κ3) is 4.12. The Hall–Kier alpha value is -4.19. The average Bonchev–Trinajstić information content (AvgIpc) is 3.59. The van der Waals surface area contributed by atoms with E-state index in [0.717, 1.165) is 6.20 Å². The Morgan fingerprint density at radius 3 is 2.49 bits per heavy atom. The molecule has 2 aromatic rings. The number of Topliss-reactive ketones (excluding diaryl/α,β-unsaturated/α-hetero) is 1. The van der Waals surface area contributed by atoms with E-state index in [2.05, 4.69) is 20.6 Å². The normalized spacial score (nSPS) is 22.4. The van der Waals surface area contributed by atoms with Crippen molar-refractivity contribution in [2.45, 2.75) is 12.1 Å². The Morgan fingerprint density at radius 2 is 1.80 bits per heavy atom. The Kier molecular flexibility index (Phi) is 5.95. The Bertz CT molecular complexity index is 1230. The third-order valence-electron chi connectivity index (χ3n) is 6.32. The zero-order valence-electron chi connectivity index (χ0n) is 18.5. The Labute approximate surface area is 199 Å². The lowest BCUT2D eigenvalue weighted by Crippen LogP contribution is -2.53. The summed E-state index contributed by atoms with van der Waals surface area (Å²) in [6, 6.07) is 7.87. The molecule has 12 heteroatoms. The fourth-order valence-corrected chi connectivity index (χ4v) is 4.45. The number of piperazine rings is 1. The Balaban J connectivity index is 1.22. The van der Waals surface area contributed by atoms with E-state index in [4.69, 9.17) is 0 Å². The van der Waals surface area contributed by atoms with Crippen LogP contribution in [0.1, 0.15) is 11.7 Å². The number of carbonyl (C=O) groups excluding carboxylic acids is 3. The van der Waals surface area contributed by atoms with Gasteiger partial charge in [0.15, 0.2) is 11.9 Å². The number of aromatic nitrogens is 3. The third-order valence-corrected chi connectivity index (χ3v) is 6.32. The highest BCUT2D eigenvalue weighted by Crippen LogP contribution is 2.34. The molecule has 0 bridgehead atoms. The molecule has 180 valence electrons. The molecule has 2 unspecified atom stereocenters. The second kappa shape index (κ2) is 9.22. The Morgan fingerprint density at radius 1 is 1.09 bits per heavy atom. The van der Waals surface area contributed by atoms with Crippen molar-refractivity contribution >= 4 is 23.4 Å².